The lowest BCUT2D eigenvalue weighted by Gasteiger charge is -2.41. The van der Waals surface area contributed by atoms with E-state index in [-0.39, 0.29) is 35.3 Å². The molecule has 7 nitrogen and oxygen atoms in total. The largest absolute Gasteiger partial charge is 0.466 e. The van der Waals surface area contributed by atoms with E-state index in [9.17, 15) is 9.90 Å². The van der Waals surface area contributed by atoms with E-state index in [2.05, 4.69) is 20.5 Å². The molecule has 0 bridgehead atoms. The first-order valence-corrected chi connectivity index (χ1v) is 8.43. The van der Waals surface area contributed by atoms with Crippen LogP contribution in [0.2, 0.25) is 0 Å². The van der Waals surface area contributed by atoms with Gasteiger partial charge in [-0.1, -0.05) is 0 Å². The van der Waals surface area contributed by atoms with Crippen molar-refractivity contribution >= 4 is 35.8 Å². The molecule has 3 N–H and O–H groups in total. The maximum Gasteiger partial charge on any atom is 0.220 e. The Hall–Kier alpha value is -1.29. The molecular weight excluding hydrogens is 435 g/mol. The Morgan fingerprint density at radius 1 is 1.60 bits per heavy atom. The minimum Gasteiger partial charge on any atom is -0.466 e. The number of nitrogens with one attached hydrogen (secondary N) is 2. The number of piperidine rings is 1. The van der Waals surface area contributed by atoms with E-state index in [0.29, 0.717) is 18.7 Å². The van der Waals surface area contributed by atoms with Crippen LogP contribution in [0.3, 0.4) is 0 Å². The Morgan fingerprint density at radius 3 is 3.00 bits per heavy atom. The number of hydrogen-bond donors (Lipinski definition) is 3. The fraction of sp³-hybridized carbons (Fsp3) is 0.647. The van der Waals surface area contributed by atoms with Gasteiger partial charge in [0, 0.05) is 38.5 Å². The summed E-state index contributed by atoms with van der Waals surface area (Å²) in [4.78, 5) is 18.2. The van der Waals surface area contributed by atoms with Gasteiger partial charge in [0.05, 0.1) is 12.8 Å². The van der Waals surface area contributed by atoms with Gasteiger partial charge in [0.15, 0.2) is 5.96 Å². The Kier molecular flexibility index (Phi) is 6.36. The van der Waals surface area contributed by atoms with Crippen LogP contribution in [-0.2, 0) is 10.4 Å². The molecule has 2 atom stereocenters. The molecule has 3 heterocycles. The highest BCUT2D eigenvalue weighted by Crippen LogP contribution is 2.36. The molecule has 0 aromatic carbocycles. The van der Waals surface area contributed by atoms with Crippen molar-refractivity contribution in [2.45, 2.75) is 31.8 Å². The summed E-state index contributed by atoms with van der Waals surface area (Å²) in [5, 5.41) is 16.8. The molecule has 1 aromatic rings. The second kappa shape index (κ2) is 7.94. The van der Waals surface area contributed by atoms with Crippen molar-refractivity contribution in [2.75, 3.05) is 33.2 Å². The quantitative estimate of drug-likeness (QED) is 0.358. The molecule has 2 unspecified atom stereocenters. The van der Waals surface area contributed by atoms with E-state index < -0.39 is 5.60 Å². The minimum atomic E-state index is -1.11. The number of likely N-dealkylation sites (tertiary alicyclic amines) is 1. The zero-order valence-corrected chi connectivity index (χ0v) is 17.1. The van der Waals surface area contributed by atoms with Gasteiger partial charge >= 0.3 is 0 Å². The summed E-state index contributed by atoms with van der Waals surface area (Å²) < 4.78 is 5.31. The van der Waals surface area contributed by atoms with Gasteiger partial charge in [-0.2, -0.15) is 0 Å². The average Bonchev–Trinajstić information content (AvgIpc) is 3.19. The van der Waals surface area contributed by atoms with Crippen LogP contribution in [0.25, 0.3) is 0 Å². The summed E-state index contributed by atoms with van der Waals surface area (Å²) in [5.41, 5.74) is -1.10. The molecule has 1 spiro atoms. The first-order valence-electron chi connectivity index (χ1n) is 8.43. The number of nitrogens with zero attached hydrogens (tertiary/aromatic N) is 2. The number of furan rings is 1. The summed E-state index contributed by atoms with van der Waals surface area (Å²) >= 11 is 0. The molecule has 0 aliphatic carbocycles. The van der Waals surface area contributed by atoms with Crippen molar-refractivity contribution in [1.29, 1.82) is 0 Å². The number of halogens is 1. The Balaban J connectivity index is 0.00000225. The maximum atomic E-state index is 11.6. The van der Waals surface area contributed by atoms with Crippen LogP contribution >= 0.6 is 24.0 Å². The van der Waals surface area contributed by atoms with Crippen molar-refractivity contribution in [3.8, 4) is 0 Å². The fourth-order valence-electron chi connectivity index (χ4n) is 3.68. The monoisotopic (exact) mass is 462 g/mol. The highest BCUT2D eigenvalue weighted by Gasteiger charge is 2.42. The molecule has 3 rings (SSSR count). The summed E-state index contributed by atoms with van der Waals surface area (Å²) in [5.74, 6) is 1.41. The van der Waals surface area contributed by atoms with Gasteiger partial charge in [0.2, 0.25) is 5.91 Å². The van der Waals surface area contributed by atoms with E-state index in [4.69, 9.17) is 4.42 Å². The molecule has 1 aromatic heterocycles. The number of aliphatic imine (C=N–C) groups is 1. The number of amides is 1. The Labute approximate surface area is 165 Å². The van der Waals surface area contributed by atoms with Gasteiger partial charge in [0.25, 0.3) is 0 Å². The molecule has 1 amide bonds. The van der Waals surface area contributed by atoms with Crippen molar-refractivity contribution in [3.05, 3.63) is 24.2 Å². The number of rotatable bonds is 3. The zero-order valence-electron chi connectivity index (χ0n) is 14.7. The van der Waals surface area contributed by atoms with Crippen LogP contribution in [0.4, 0.5) is 0 Å². The summed E-state index contributed by atoms with van der Waals surface area (Å²) in [6.45, 7) is 4.45. The number of guanidine groups is 1. The van der Waals surface area contributed by atoms with E-state index in [1.54, 1.807) is 32.4 Å². The lowest BCUT2D eigenvalue weighted by molar-refractivity contribution is -0.119. The van der Waals surface area contributed by atoms with Gasteiger partial charge in [0.1, 0.15) is 11.4 Å². The molecule has 2 saturated heterocycles. The van der Waals surface area contributed by atoms with E-state index in [0.717, 1.165) is 38.4 Å². The topological polar surface area (TPSA) is 90.1 Å². The Bertz CT molecular complexity index is 617. The molecular formula is C17H27IN4O3. The summed E-state index contributed by atoms with van der Waals surface area (Å²) in [6.07, 6.45) is 4.23. The second-order valence-corrected chi connectivity index (χ2v) is 7.13. The molecule has 140 valence electrons. The number of aliphatic hydroxyl groups is 1. The van der Waals surface area contributed by atoms with Gasteiger partial charge in [-0.3, -0.25) is 9.79 Å². The third-order valence-electron chi connectivity index (χ3n) is 5.01. The second-order valence-electron chi connectivity index (χ2n) is 7.13. The first kappa shape index (κ1) is 20.0. The van der Waals surface area contributed by atoms with E-state index in [1.165, 1.54) is 0 Å². The van der Waals surface area contributed by atoms with Gasteiger partial charge in [-0.25, -0.2) is 0 Å². The maximum absolute atomic E-state index is 11.6. The van der Waals surface area contributed by atoms with Crippen LogP contribution in [0.15, 0.2) is 27.8 Å². The van der Waals surface area contributed by atoms with Crippen molar-refractivity contribution in [1.82, 2.24) is 15.5 Å². The lowest BCUT2D eigenvalue weighted by atomic mass is 9.79. The fourth-order valence-corrected chi connectivity index (χ4v) is 3.68. The van der Waals surface area contributed by atoms with Crippen LogP contribution in [0, 0.1) is 5.41 Å². The number of carbonyl (C=O) groups is 1. The molecule has 2 aliphatic rings. The van der Waals surface area contributed by atoms with Gasteiger partial charge < -0.3 is 25.1 Å². The standard InChI is InChI=1S/C17H26N4O3.HI/c1-16(23,13-5-3-8-24-13)10-20-15(18-2)21-7-4-6-17(12-21)9-14(22)19-11-17;/h3,5,8,23H,4,6-7,9-12H2,1-2H3,(H,18,20)(H,19,22);1H. The third kappa shape index (κ3) is 4.46. The molecule has 2 fully saturated rings. The predicted molar refractivity (Wildman–Crippen MR) is 106 cm³/mol. The smallest absolute Gasteiger partial charge is 0.220 e. The lowest BCUT2D eigenvalue weighted by Crippen LogP contribution is -2.53. The number of carbonyl (C=O) groups excluding carboxylic acids is 1. The minimum absolute atomic E-state index is 0. The van der Waals surface area contributed by atoms with Crippen LogP contribution in [0.1, 0.15) is 31.9 Å². The van der Waals surface area contributed by atoms with Gasteiger partial charge in [-0.15, -0.1) is 24.0 Å². The van der Waals surface area contributed by atoms with Crippen molar-refractivity contribution in [3.63, 3.8) is 0 Å². The highest BCUT2D eigenvalue weighted by molar-refractivity contribution is 14.0. The SMILES string of the molecule is CN=C(NCC(C)(O)c1ccco1)N1CCCC2(CNC(=O)C2)C1.I. The number of hydrogen-bond acceptors (Lipinski definition) is 4. The van der Waals surface area contributed by atoms with Crippen LogP contribution < -0.4 is 10.6 Å². The normalized spacial score (nSPS) is 26.1. The predicted octanol–water partition coefficient (Wildman–Crippen LogP) is 1.28. The molecule has 2 aliphatic heterocycles. The van der Waals surface area contributed by atoms with E-state index >= 15 is 0 Å². The molecule has 0 saturated carbocycles. The van der Waals surface area contributed by atoms with Gasteiger partial charge in [-0.05, 0) is 31.9 Å². The summed E-state index contributed by atoms with van der Waals surface area (Å²) in [6, 6.07) is 3.52. The van der Waals surface area contributed by atoms with Crippen molar-refractivity contribution < 1.29 is 14.3 Å². The Morgan fingerprint density at radius 2 is 2.40 bits per heavy atom. The molecule has 25 heavy (non-hydrogen) atoms. The third-order valence-corrected chi connectivity index (χ3v) is 5.01. The van der Waals surface area contributed by atoms with Crippen molar-refractivity contribution in [2.24, 2.45) is 10.4 Å². The van der Waals surface area contributed by atoms with E-state index in [1.807, 2.05) is 0 Å². The van der Waals surface area contributed by atoms with Crippen LogP contribution in [-0.4, -0.2) is 55.1 Å². The highest BCUT2D eigenvalue weighted by atomic mass is 127. The molecule has 0 radical (unpaired) electrons. The average molecular weight is 462 g/mol. The first-order chi connectivity index (χ1) is 11.4. The molecule has 8 heteroatoms. The zero-order chi connectivity index (χ0) is 17.2. The summed E-state index contributed by atoms with van der Waals surface area (Å²) in [7, 11) is 1.74. The van der Waals surface area contributed by atoms with Crippen LogP contribution in [0.5, 0.6) is 0 Å².